The van der Waals surface area contributed by atoms with Crippen LogP contribution in [-0.2, 0) is 11.3 Å². The summed E-state index contributed by atoms with van der Waals surface area (Å²) >= 11 is 0. The molecular formula is C17H18O6. The van der Waals surface area contributed by atoms with E-state index in [1.165, 1.54) is 11.6 Å². The number of rotatable bonds is 5. The Hall–Kier alpha value is -2.60. The molecule has 0 fully saturated rings. The molecule has 1 heterocycles. The van der Waals surface area contributed by atoms with Crippen LogP contribution in [0.2, 0.25) is 0 Å². The van der Waals surface area contributed by atoms with Gasteiger partial charge in [-0.3, -0.25) is 0 Å². The standard InChI is InChI=1S/C17H18O6/c1-10(23-20)22-14-8-15-16(13(18)9-21-15)17(19)12(14)7-11-5-3-2-4-6-11/h5,8-9,18-20H,1-4,6-7H2. The number of ether oxygens (including phenoxy) is 1. The Morgan fingerprint density at radius 3 is 2.83 bits per heavy atom. The number of hydrogen-bond acceptors (Lipinski definition) is 6. The van der Waals surface area contributed by atoms with Crippen molar-refractivity contribution in [2.24, 2.45) is 0 Å². The topological polar surface area (TPSA) is 92.3 Å². The third kappa shape index (κ3) is 2.98. The Morgan fingerprint density at radius 2 is 2.13 bits per heavy atom. The van der Waals surface area contributed by atoms with Crippen LogP contribution in [0.3, 0.4) is 0 Å². The zero-order valence-electron chi connectivity index (χ0n) is 12.5. The van der Waals surface area contributed by atoms with Crippen molar-refractivity contribution < 1.29 is 29.5 Å². The summed E-state index contributed by atoms with van der Waals surface area (Å²) in [5.41, 5.74) is 1.94. The van der Waals surface area contributed by atoms with Gasteiger partial charge in [0.2, 0.25) is 0 Å². The number of allylic oxidation sites excluding steroid dienone is 2. The molecule has 3 rings (SSSR count). The molecule has 6 heteroatoms. The second-order valence-electron chi connectivity index (χ2n) is 5.55. The van der Waals surface area contributed by atoms with Gasteiger partial charge in [0.05, 0.1) is 0 Å². The SMILES string of the molecule is C=C(OO)Oc1cc2occ(O)c2c(O)c1CC1=CCCCC1. The van der Waals surface area contributed by atoms with Crippen LogP contribution in [0.5, 0.6) is 17.2 Å². The highest BCUT2D eigenvalue weighted by atomic mass is 17.1. The monoisotopic (exact) mass is 318 g/mol. The largest absolute Gasteiger partial charge is 0.507 e. The third-order valence-corrected chi connectivity index (χ3v) is 4.00. The minimum atomic E-state index is -0.321. The van der Waals surface area contributed by atoms with E-state index < -0.39 is 0 Å². The summed E-state index contributed by atoms with van der Waals surface area (Å²) in [6.45, 7) is 3.40. The molecule has 122 valence electrons. The molecule has 0 spiro atoms. The fourth-order valence-electron chi connectivity index (χ4n) is 2.88. The molecule has 0 amide bonds. The van der Waals surface area contributed by atoms with Crippen molar-refractivity contribution in [2.75, 3.05) is 0 Å². The van der Waals surface area contributed by atoms with Gasteiger partial charge >= 0.3 is 5.95 Å². The number of phenolic OH excluding ortho intramolecular Hbond substituents is 1. The molecular weight excluding hydrogens is 300 g/mol. The third-order valence-electron chi connectivity index (χ3n) is 4.00. The van der Waals surface area contributed by atoms with E-state index in [2.05, 4.69) is 17.5 Å². The Kier molecular flexibility index (Phi) is 4.16. The molecule has 0 radical (unpaired) electrons. The van der Waals surface area contributed by atoms with E-state index in [1.54, 1.807) is 0 Å². The molecule has 0 aliphatic heterocycles. The zero-order chi connectivity index (χ0) is 16.4. The van der Waals surface area contributed by atoms with Crippen LogP contribution in [0.4, 0.5) is 0 Å². The van der Waals surface area contributed by atoms with Crippen molar-refractivity contribution in [3.05, 3.63) is 42.1 Å². The van der Waals surface area contributed by atoms with Gasteiger partial charge in [-0.05, 0) is 32.3 Å². The molecule has 0 atom stereocenters. The van der Waals surface area contributed by atoms with Crippen LogP contribution in [0.25, 0.3) is 11.0 Å². The number of hydrogen-bond donors (Lipinski definition) is 3. The average molecular weight is 318 g/mol. The molecule has 0 bridgehead atoms. The van der Waals surface area contributed by atoms with Crippen molar-refractivity contribution in [1.82, 2.24) is 0 Å². The number of benzene rings is 1. The number of fused-ring (bicyclic) bond motifs is 1. The van der Waals surface area contributed by atoms with Crippen LogP contribution in [0.1, 0.15) is 31.2 Å². The summed E-state index contributed by atoms with van der Waals surface area (Å²) in [5.74, 6) is -0.311. The van der Waals surface area contributed by atoms with Gasteiger partial charge in [0.25, 0.3) is 0 Å². The van der Waals surface area contributed by atoms with Crippen molar-refractivity contribution in [2.45, 2.75) is 32.1 Å². The summed E-state index contributed by atoms with van der Waals surface area (Å²) in [4.78, 5) is 3.96. The maximum absolute atomic E-state index is 10.6. The van der Waals surface area contributed by atoms with Gasteiger partial charge in [-0.1, -0.05) is 11.6 Å². The first-order valence-corrected chi connectivity index (χ1v) is 7.41. The average Bonchev–Trinajstić information content (AvgIpc) is 2.93. The summed E-state index contributed by atoms with van der Waals surface area (Å²) in [6.07, 6.45) is 8.01. The Labute approximate surface area is 132 Å². The summed E-state index contributed by atoms with van der Waals surface area (Å²) < 4.78 is 10.5. The van der Waals surface area contributed by atoms with Crippen molar-refractivity contribution in [3.8, 4) is 17.2 Å². The Bertz CT molecular complexity index is 771. The number of phenols is 1. The van der Waals surface area contributed by atoms with Crippen molar-refractivity contribution in [1.29, 1.82) is 0 Å². The lowest BCUT2D eigenvalue weighted by atomic mass is 9.93. The highest BCUT2D eigenvalue weighted by Gasteiger charge is 2.21. The second kappa shape index (κ2) is 6.26. The van der Waals surface area contributed by atoms with E-state index in [-0.39, 0.29) is 34.2 Å². The number of furan rings is 1. The summed E-state index contributed by atoms with van der Waals surface area (Å²) in [6, 6.07) is 1.53. The molecule has 3 N–H and O–H groups in total. The fraction of sp³-hybridized carbons (Fsp3) is 0.294. The second-order valence-corrected chi connectivity index (χ2v) is 5.55. The van der Waals surface area contributed by atoms with Gasteiger partial charge in [-0.25, -0.2) is 0 Å². The van der Waals surface area contributed by atoms with Crippen LogP contribution >= 0.6 is 0 Å². The van der Waals surface area contributed by atoms with E-state index >= 15 is 0 Å². The molecule has 1 aromatic carbocycles. The Morgan fingerprint density at radius 1 is 1.30 bits per heavy atom. The molecule has 1 aliphatic rings. The van der Waals surface area contributed by atoms with Crippen molar-refractivity contribution in [3.63, 3.8) is 0 Å². The highest BCUT2D eigenvalue weighted by molar-refractivity contribution is 5.92. The van der Waals surface area contributed by atoms with E-state index in [0.29, 0.717) is 12.0 Å². The normalized spacial score (nSPS) is 14.6. The minimum Gasteiger partial charge on any atom is -0.507 e. The van der Waals surface area contributed by atoms with Gasteiger partial charge in [-0.15, -0.1) is 0 Å². The lowest BCUT2D eigenvalue weighted by Gasteiger charge is -2.17. The highest BCUT2D eigenvalue weighted by Crippen LogP contribution is 2.43. The van der Waals surface area contributed by atoms with Gasteiger partial charge in [-0.2, -0.15) is 5.26 Å². The van der Waals surface area contributed by atoms with Crippen molar-refractivity contribution >= 4 is 11.0 Å². The molecule has 23 heavy (non-hydrogen) atoms. The Balaban J connectivity index is 2.08. The molecule has 2 aromatic rings. The van der Waals surface area contributed by atoms with Crippen LogP contribution in [-0.4, -0.2) is 15.5 Å². The molecule has 0 saturated carbocycles. The van der Waals surface area contributed by atoms with Crippen LogP contribution in [0, 0.1) is 0 Å². The van der Waals surface area contributed by atoms with E-state index in [9.17, 15) is 10.2 Å². The van der Waals surface area contributed by atoms with Crippen LogP contribution < -0.4 is 4.74 Å². The maximum atomic E-state index is 10.6. The number of aromatic hydroxyl groups is 2. The zero-order valence-corrected chi connectivity index (χ0v) is 12.5. The fourth-order valence-corrected chi connectivity index (χ4v) is 2.88. The lowest BCUT2D eigenvalue weighted by Crippen LogP contribution is -2.02. The van der Waals surface area contributed by atoms with Gasteiger partial charge in [0.1, 0.15) is 28.7 Å². The summed E-state index contributed by atoms with van der Waals surface area (Å²) in [5, 5.41) is 29.3. The minimum absolute atomic E-state index is 0.110. The molecule has 6 nitrogen and oxygen atoms in total. The van der Waals surface area contributed by atoms with Gasteiger partial charge in [0.15, 0.2) is 5.75 Å². The molecule has 1 aromatic heterocycles. The summed E-state index contributed by atoms with van der Waals surface area (Å²) in [7, 11) is 0. The first-order chi connectivity index (χ1) is 11.1. The molecule has 0 saturated heterocycles. The smallest absolute Gasteiger partial charge is 0.314 e. The van der Waals surface area contributed by atoms with E-state index in [0.717, 1.165) is 31.9 Å². The predicted molar refractivity (Wildman–Crippen MR) is 83.3 cm³/mol. The first-order valence-electron chi connectivity index (χ1n) is 7.41. The lowest BCUT2D eigenvalue weighted by molar-refractivity contribution is -0.230. The van der Waals surface area contributed by atoms with Gasteiger partial charge < -0.3 is 24.3 Å². The molecule has 1 aliphatic carbocycles. The van der Waals surface area contributed by atoms with E-state index in [1.807, 2.05) is 0 Å². The van der Waals surface area contributed by atoms with Gasteiger partial charge in [0, 0.05) is 18.1 Å². The quantitative estimate of drug-likeness (QED) is 0.331. The maximum Gasteiger partial charge on any atom is 0.314 e. The van der Waals surface area contributed by atoms with E-state index in [4.69, 9.17) is 14.4 Å². The predicted octanol–water partition coefficient (Wildman–Crippen LogP) is 4.23. The molecule has 0 unspecified atom stereocenters. The first kappa shape index (κ1) is 15.3. The van der Waals surface area contributed by atoms with Crippen LogP contribution in [0.15, 0.2) is 40.9 Å².